The van der Waals surface area contributed by atoms with E-state index in [4.69, 9.17) is 23.2 Å². The molecule has 0 aliphatic heterocycles. The number of carbonyl (C=O) groups excluding carboxylic acids is 2. The molecule has 1 atom stereocenters. The zero-order chi connectivity index (χ0) is 30.3. The molecular formula is C29H34Cl2F3N3O4. The van der Waals surface area contributed by atoms with Crippen LogP contribution in [0.1, 0.15) is 110 Å². The van der Waals surface area contributed by atoms with E-state index in [0.29, 0.717) is 12.8 Å². The molecule has 7 nitrogen and oxygen atoms in total. The van der Waals surface area contributed by atoms with E-state index in [1.54, 1.807) is 26.0 Å². The van der Waals surface area contributed by atoms with E-state index in [0.717, 1.165) is 29.3 Å². The molecule has 0 spiro atoms. The highest BCUT2D eigenvalue weighted by Crippen LogP contribution is 2.45. The van der Waals surface area contributed by atoms with Crippen LogP contribution in [0.4, 0.5) is 13.2 Å². The lowest BCUT2D eigenvalue weighted by atomic mass is 9.74. The van der Waals surface area contributed by atoms with Crippen molar-refractivity contribution >= 4 is 40.9 Å². The maximum Gasteiger partial charge on any atom is 0.433 e. The quantitative estimate of drug-likeness (QED) is 0.297. The molecule has 0 bridgehead atoms. The zero-order valence-electron chi connectivity index (χ0n) is 23.2. The number of hydrogen-bond donors (Lipinski definition) is 2. The number of halogens is 5. The fourth-order valence-corrected chi connectivity index (χ4v) is 7.09. The minimum absolute atomic E-state index is 0.120. The van der Waals surface area contributed by atoms with Crippen molar-refractivity contribution in [1.82, 2.24) is 15.1 Å². The predicted octanol–water partition coefficient (Wildman–Crippen LogP) is 7.67. The number of Topliss-reactive ketones (excluding diaryl/α,β-unsaturated/α-hetero) is 1. The lowest BCUT2D eigenvalue weighted by Gasteiger charge is -2.35. The number of amides is 1. The number of aromatic nitrogens is 2. The standard InChI is InChI=1S/C29H34Cl2F3N3O4/c1-16-12-19(30)23(20(31)13-16)21(38)14-22(27(2)8-4-5-9-27)36-25(39)18-15-35-37(24(18)29(32,33)34)17-6-10-28(3,11-7-17)26(40)41/h12-13,15,17,22H,4-11,14H2,1-3H3,(H,36,39)(H,40,41). The summed E-state index contributed by atoms with van der Waals surface area (Å²) in [5.74, 6) is -2.36. The molecule has 2 aliphatic rings. The van der Waals surface area contributed by atoms with Gasteiger partial charge in [0, 0.05) is 12.5 Å². The van der Waals surface area contributed by atoms with Crippen LogP contribution in [0.5, 0.6) is 0 Å². The van der Waals surface area contributed by atoms with Crippen LogP contribution in [-0.2, 0) is 11.0 Å². The molecule has 0 saturated heterocycles. The molecule has 2 N–H and O–H groups in total. The smallest absolute Gasteiger partial charge is 0.433 e. The average molecular weight is 617 g/mol. The SMILES string of the molecule is Cc1cc(Cl)c(C(=O)CC(NC(=O)c2cnn(C3CCC(C)(C(=O)O)CC3)c2C(F)(F)F)C2(C)CCCC2)c(Cl)c1. The van der Waals surface area contributed by atoms with Crippen molar-refractivity contribution in [3.05, 3.63) is 50.8 Å². The van der Waals surface area contributed by atoms with Crippen molar-refractivity contribution < 1.29 is 32.7 Å². The fraction of sp³-hybridized carbons (Fsp3) is 0.586. The molecule has 4 rings (SSSR count). The van der Waals surface area contributed by atoms with Gasteiger partial charge in [-0.05, 0) is 75.5 Å². The number of carboxylic acids is 1. The highest BCUT2D eigenvalue weighted by atomic mass is 35.5. The minimum Gasteiger partial charge on any atom is -0.481 e. The predicted molar refractivity (Wildman–Crippen MR) is 148 cm³/mol. The summed E-state index contributed by atoms with van der Waals surface area (Å²) in [5.41, 5.74) is -2.45. The van der Waals surface area contributed by atoms with Gasteiger partial charge in [-0.25, -0.2) is 0 Å². The Kier molecular flexibility index (Phi) is 8.86. The van der Waals surface area contributed by atoms with Gasteiger partial charge in [0.25, 0.3) is 5.91 Å². The molecule has 41 heavy (non-hydrogen) atoms. The molecule has 2 saturated carbocycles. The summed E-state index contributed by atoms with van der Waals surface area (Å²) in [6.45, 7) is 5.29. The molecule has 2 aliphatic carbocycles. The van der Waals surface area contributed by atoms with E-state index >= 15 is 0 Å². The van der Waals surface area contributed by atoms with Crippen molar-refractivity contribution in [3.63, 3.8) is 0 Å². The Balaban J connectivity index is 1.63. The highest BCUT2D eigenvalue weighted by molar-refractivity contribution is 6.40. The normalized spacial score (nSPS) is 23.3. The van der Waals surface area contributed by atoms with Crippen molar-refractivity contribution in [2.24, 2.45) is 10.8 Å². The number of hydrogen-bond acceptors (Lipinski definition) is 4. The number of nitrogens with one attached hydrogen (secondary N) is 1. The van der Waals surface area contributed by atoms with Crippen LogP contribution in [-0.4, -0.2) is 38.6 Å². The molecular weight excluding hydrogens is 582 g/mol. The second kappa shape index (κ2) is 11.6. The number of rotatable bonds is 8. The lowest BCUT2D eigenvalue weighted by Crippen LogP contribution is -2.47. The van der Waals surface area contributed by atoms with Crippen molar-refractivity contribution in [3.8, 4) is 0 Å². The Morgan fingerprint density at radius 1 is 1.10 bits per heavy atom. The van der Waals surface area contributed by atoms with Gasteiger partial charge in [-0.3, -0.25) is 19.1 Å². The molecule has 1 heterocycles. The van der Waals surface area contributed by atoms with E-state index in [1.165, 1.54) is 0 Å². The Hall–Kier alpha value is -2.59. The van der Waals surface area contributed by atoms with Crippen LogP contribution in [0.25, 0.3) is 0 Å². The van der Waals surface area contributed by atoms with Gasteiger partial charge in [-0.15, -0.1) is 0 Å². The van der Waals surface area contributed by atoms with E-state index in [9.17, 15) is 32.7 Å². The third-order valence-electron chi connectivity index (χ3n) is 8.98. The van der Waals surface area contributed by atoms with Gasteiger partial charge >= 0.3 is 12.1 Å². The van der Waals surface area contributed by atoms with Crippen molar-refractivity contribution in [2.75, 3.05) is 0 Å². The van der Waals surface area contributed by atoms with Crippen LogP contribution < -0.4 is 5.32 Å². The summed E-state index contributed by atoms with van der Waals surface area (Å²) in [6, 6.07) is 1.75. The zero-order valence-corrected chi connectivity index (χ0v) is 24.7. The monoisotopic (exact) mass is 615 g/mol. The van der Waals surface area contributed by atoms with Gasteiger partial charge in [-0.2, -0.15) is 18.3 Å². The summed E-state index contributed by atoms with van der Waals surface area (Å²) in [7, 11) is 0. The van der Waals surface area contributed by atoms with Gasteiger partial charge in [0.1, 0.15) is 0 Å². The molecule has 1 amide bonds. The van der Waals surface area contributed by atoms with Crippen LogP contribution in [0, 0.1) is 17.8 Å². The second-order valence-electron chi connectivity index (χ2n) is 12.1. The molecule has 2 fully saturated rings. The molecule has 2 aromatic rings. The number of aliphatic carboxylic acids is 1. The van der Waals surface area contributed by atoms with Gasteiger partial charge in [0.05, 0.1) is 38.8 Å². The number of benzene rings is 1. The fourth-order valence-electron chi connectivity index (χ4n) is 6.28. The number of ketones is 1. The van der Waals surface area contributed by atoms with Crippen LogP contribution in [0.2, 0.25) is 10.0 Å². The van der Waals surface area contributed by atoms with Crippen LogP contribution >= 0.6 is 23.2 Å². The first kappa shape index (κ1) is 31.3. The van der Waals surface area contributed by atoms with E-state index in [-0.39, 0.29) is 47.7 Å². The topological polar surface area (TPSA) is 101 Å². The van der Waals surface area contributed by atoms with Crippen LogP contribution in [0.3, 0.4) is 0 Å². The number of carbonyl (C=O) groups is 3. The first-order valence-corrected chi connectivity index (χ1v) is 14.5. The maximum atomic E-state index is 14.4. The molecule has 0 radical (unpaired) electrons. The Morgan fingerprint density at radius 2 is 1.66 bits per heavy atom. The highest BCUT2D eigenvalue weighted by Gasteiger charge is 2.46. The Bertz CT molecular complexity index is 1320. The van der Waals surface area contributed by atoms with E-state index in [1.807, 2.05) is 6.92 Å². The summed E-state index contributed by atoms with van der Waals surface area (Å²) in [6.07, 6.45) is -0.295. The lowest BCUT2D eigenvalue weighted by molar-refractivity contribution is -0.152. The van der Waals surface area contributed by atoms with Gasteiger partial charge in [0.15, 0.2) is 11.5 Å². The number of nitrogens with zero attached hydrogens (tertiary/aromatic N) is 2. The molecule has 1 aromatic carbocycles. The second-order valence-corrected chi connectivity index (χ2v) is 12.9. The van der Waals surface area contributed by atoms with Gasteiger partial charge in [-0.1, -0.05) is 43.0 Å². The van der Waals surface area contributed by atoms with E-state index in [2.05, 4.69) is 10.4 Å². The van der Waals surface area contributed by atoms with Crippen molar-refractivity contribution in [2.45, 2.75) is 96.8 Å². The minimum atomic E-state index is -4.89. The van der Waals surface area contributed by atoms with Gasteiger partial charge in [0.2, 0.25) is 0 Å². The Morgan fingerprint density at radius 3 is 2.17 bits per heavy atom. The molecule has 1 aromatic heterocycles. The largest absolute Gasteiger partial charge is 0.481 e. The van der Waals surface area contributed by atoms with Gasteiger partial charge < -0.3 is 10.4 Å². The number of carboxylic acid groups (broad SMARTS) is 1. The third kappa shape index (κ3) is 6.43. The van der Waals surface area contributed by atoms with Crippen molar-refractivity contribution in [1.29, 1.82) is 0 Å². The summed E-state index contributed by atoms with van der Waals surface area (Å²) in [5, 5.41) is 16.6. The first-order valence-electron chi connectivity index (χ1n) is 13.7. The maximum absolute atomic E-state index is 14.4. The summed E-state index contributed by atoms with van der Waals surface area (Å²) in [4.78, 5) is 38.5. The molecule has 1 unspecified atom stereocenters. The van der Waals surface area contributed by atoms with E-state index < -0.39 is 58.0 Å². The summed E-state index contributed by atoms with van der Waals surface area (Å²) < 4.78 is 44.0. The Labute approximate surface area is 246 Å². The number of aryl methyl sites for hydroxylation is 1. The average Bonchev–Trinajstić information content (AvgIpc) is 3.51. The number of alkyl halides is 3. The molecule has 224 valence electrons. The summed E-state index contributed by atoms with van der Waals surface area (Å²) >= 11 is 12.7. The first-order chi connectivity index (χ1) is 19.1. The van der Waals surface area contributed by atoms with Crippen LogP contribution in [0.15, 0.2) is 18.3 Å². The molecule has 12 heteroatoms. The third-order valence-corrected chi connectivity index (χ3v) is 9.57.